The quantitative estimate of drug-likeness (QED) is 0.711. The van der Waals surface area contributed by atoms with Crippen LogP contribution >= 0.6 is 11.8 Å². The van der Waals surface area contributed by atoms with Crippen LogP contribution < -0.4 is 14.8 Å². The molecule has 0 aromatic heterocycles. The van der Waals surface area contributed by atoms with Crippen molar-refractivity contribution >= 4 is 23.4 Å². The fourth-order valence-electron chi connectivity index (χ4n) is 2.50. The van der Waals surface area contributed by atoms with Crippen LogP contribution in [0.3, 0.4) is 0 Å². The summed E-state index contributed by atoms with van der Waals surface area (Å²) in [7, 11) is 3.21. The van der Waals surface area contributed by atoms with Gasteiger partial charge in [0.15, 0.2) is 11.5 Å². The number of carbonyl (C=O) groups is 1. The molecule has 0 radical (unpaired) electrons. The summed E-state index contributed by atoms with van der Waals surface area (Å²) in [6.07, 6.45) is 0. The molecule has 2 aromatic carbocycles. The van der Waals surface area contributed by atoms with Crippen molar-refractivity contribution in [3.63, 3.8) is 0 Å². The number of methoxy groups -OCH3 is 2. The summed E-state index contributed by atoms with van der Waals surface area (Å²) in [4.78, 5) is 13.5. The predicted molar refractivity (Wildman–Crippen MR) is 104 cm³/mol. The largest absolute Gasteiger partial charge is 0.493 e. The highest BCUT2D eigenvalue weighted by molar-refractivity contribution is 8.00. The molecular weight excluding hydrogens is 334 g/mol. The third kappa shape index (κ3) is 4.92. The Morgan fingerprint density at radius 3 is 2.32 bits per heavy atom. The maximum atomic E-state index is 12.6. The minimum Gasteiger partial charge on any atom is -0.493 e. The number of ether oxygens (including phenoxy) is 2. The van der Waals surface area contributed by atoms with Crippen LogP contribution in [0.2, 0.25) is 0 Å². The van der Waals surface area contributed by atoms with Gasteiger partial charge in [-0.15, -0.1) is 11.8 Å². The Morgan fingerprint density at radius 1 is 1.00 bits per heavy atom. The van der Waals surface area contributed by atoms with Gasteiger partial charge in [0.1, 0.15) is 0 Å². The Kier molecular flexibility index (Phi) is 6.76. The number of hydrogen-bond donors (Lipinski definition) is 1. The number of carbonyl (C=O) groups excluding carboxylic acids is 1. The maximum absolute atomic E-state index is 12.6. The highest BCUT2D eigenvalue weighted by Crippen LogP contribution is 2.34. The molecule has 0 aliphatic carbocycles. The summed E-state index contributed by atoms with van der Waals surface area (Å²) in [5.74, 6) is 1.67. The van der Waals surface area contributed by atoms with E-state index in [0.717, 1.165) is 16.1 Å². The standard InChI is InChI=1S/C20H25NO3S/c1-13(2)16-8-6-7-9-17(16)21-20(22)14(3)25-15-10-11-18(23-4)19(12-15)24-5/h6-14H,1-5H3,(H,21,22). The average Bonchev–Trinajstić information content (AvgIpc) is 2.61. The van der Waals surface area contributed by atoms with E-state index in [4.69, 9.17) is 9.47 Å². The molecule has 0 fully saturated rings. The van der Waals surface area contributed by atoms with E-state index >= 15 is 0 Å². The first kappa shape index (κ1) is 19.2. The number of nitrogens with one attached hydrogen (secondary N) is 1. The summed E-state index contributed by atoms with van der Waals surface area (Å²) in [6, 6.07) is 13.6. The molecule has 1 N–H and O–H groups in total. The molecule has 0 heterocycles. The maximum Gasteiger partial charge on any atom is 0.237 e. The summed E-state index contributed by atoms with van der Waals surface area (Å²) >= 11 is 1.49. The number of benzene rings is 2. The molecular formula is C20H25NO3S. The molecule has 0 spiro atoms. The highest BCUT2D eigenvalue weighted by Gasteiger charge is 2.17. The Bertz CT molecular complexity index is 731. The first-order valence-corrected chi connectivity index (χ1v) is 9.12. The number of thioether (sulfide) groups is 1. The van der Waals surface area contributed by atoms with E-state index in [9.17, 15) is 4.79 Å². The zero-order chi connectivity index (χ0) is 18.4. The summed E-state index contributed by atoms with van der Waals surface area (Å²) < 4.78 is 10.6. The van der Waals surface area contributed by atoms with Gasteiger partial charge in [0, 0.05) is 10.6 Å². The fourth-order valence-corrected chi connectivity index (χ4v) is 3.39. The third-order valence-corrected chi connectivity index (χ3v) is 4.97. The van der Waals surface area contributed by atoms with Crippen LogP contribution in [0.15, 0.2) is 47.4 Å². The van der Waals surface area contributed by atoms with E-state index in [0.29, 0.717) is 17.4 Å². The summed E-state index contributed by atoms with van der Waals surface area (Å²) in [6.45, 7) is 6.13. The Hall–Kier alpha value is -2.14. The van der Waals surface area contributed by atoms with Crippen molar-refractivity contribution in [1.82, 2.24) is 0 Å². The summed E-state index contributed by atoms with van der Waals surface area (Å²) in [5.41, 5.74) is 2.02. The molecule has 0 saturated carbocycles. The van der Waals surface area contributed by atoms with Crippen LogP contribution in [-0.2, 0) is 4.79 Å². The fraction of sp³-hybridized carbons (Fsp3) is 0.350. The Balaban J connectivity index is 2.08. The van der Waals surface area contributed by atoms with Gasteiger partial charge in [-0.05, 0) is 42.7 Å². The Labute approximate surface area is 153 Å². The van der Waals surface area contributed by atoms with Gasteiger partial charge < -0.3 is 14.8 Å². The van der Waals surface area contributed by atoms with Crippen molar-refractivity contribution in [1.29, 1.82) is 0 Å². The molecule has 0 aliphatic rings. The topological polar surface area (TPSA) is 47.6 Å². The molecule has 25 heavy (non-hydrogen) atoms. The van der Waals surface area contributed by atoms with Gasteiger partial charge >= 0.3 is 0 Å². The minimum atomic E-state index is -0.238. The van der Waals surface area contributed by atoms with Gasteiger partial charge in [0.25, 0.3) is 0 Å². The van der Waals surface area contributed by atoms with Crippen LogP contribution in [0.1, 0.15) is 32.3 Å². The van der Waals surface area contributed by atoms with Crippen molar-refractivity contribution in [2.24, 2.45) is 0 Å². The normalized spacial score (nSPS) is 11.9. The number of para-hydroxylation sites is 1. The minimum absolute atomic E-state index is 0.0205. The lowest BCUT2D eigenvalue weighted by atomic mass is 10.0. The lowest BCUT2D eigenvalue weighted by Crippen LogP contribution is -2.23. The van der Waals surface area contributed by atoms with Gasteiger partial charge in [-0.1, -0.05) is 32.0 Å². The van der Waals surface area contributed by atoms with Crippen LogP contribution in [0.25, 0.3) is 0 Å². The monoisotopic (exact) mass is 359 g/mol. The smallest absolute Gasteiger partial charge is 0.237 e. The SMILES string of the molecule is COc1ccc(SC(C)C(=O)Nc2ccccc2C(C)C)cc1OC. The average molecular weight is 359 g/mol. The predicted octanol–water partition coefficient (Wildman–Crippen LogP) is 4.95. The molecule has 0 aliphatic heterocycles. The Morgan fingerprint density at radius 2 is 1.68 bits per heavy atom. The van der Waals surface area contributed by atoms with Crippen molar-refractivity contribution in [3.05, 3.63) is 48.0 Å². The van der Waals surface area contributed by atoms with Crippen molar-refractivity contribution < 1.29 is 14.3 Å². The van der Waals surface area contributed by atoms with E-state index in [-0.39, 0.29) is 11.2 Å². The molecule has 1 amide bonds. The number of hydrogen-bond acceptors (Lipinski definition) is 4. The lowest BCUT2D eigenvalue weighted by molar-refractivity contribution is -0.115. The highest BCUT2D eigenvalue weighted by atomic mass is 32.2. The van der Waals surface area contributed by atoms with Gasteiger partial charge in [0.2, 0.25) is 5.91 Å². The molecule has 5 heteroatoms. The first-order valence-electron chi connectivity index (χ1n) is 8.24. The van der Waals surface area contributed by atoms with Crippen LogP contribution in [0.5, 0.6) is 11.5 Å². The first-order chi connectivity index (χ1) is 12.0. The molecule has 4 nitrogen and oxygen atoms in total. The van der Waals surface area contributed by atoms with E-state index in [1.54, 1.807) is 14.2 Å². The molecule has 2 rings (SSSR count). The third-order valence-electron chi connectivity index (χ3n) is 3.88. The number of anilines is 1. The van der Waals surface area contributed by atoms with Crippen molar-refractivity contribution in [2.45, 2.75) is 36.8 Å². The second-order valence-corrected chi connectivity index (χ2v) is 7.42. The summed E-state index contributed by atoms with van der Waals surface area (Å²) in [5, 5.41) is 2.81. The number of amides is 1. The zero-order valence-electron chi connectivity index (χ0n) is 15.3. The lowest BCUT2D eigenvalue weighted by Gasteiger charge is -2.17. The molecule has 2 aromatic rings. The van der Waals surface area contributed by atoms with Gasteiger partial charge in [-0.2, -0.15) is 0 Å². The zero-order valence-corrected chi connectivity index (χ0v) is 16.1. The van der Waals surface area contributed by atoms with E-state index in [1.165, 1.54) is 11.8 Å². The molecule has 134 valence electrons. The van der Waals surface area contributed by atoms with E-state index in [2.05, 4.69) is 19.2 Å². The molecule has 0 bridgehead atoms. The van der Waals surface area contributed by atoms with Crippen LogP contribution in [-0.4, -0.2) is 25.4 Å². The van der Waals surface area contributed by atoms with Crippen LogP contribution in [0.4, 0.5) is 5.69 Å². The number of rotatable bonds is 7. The van der Waals surface area contributed by atoms with Gasteiger partial charge in [0.05, 0.1) is 19.5 Å². The molecule has 1 unspecified atom stereocenters. The van der Waals surface area contributed by atoms with E-state index in [1.807, 2.05) is 49.4 Å². The molecule has 1 atom stereocenters. The molecule has 0 saturated heterocycles. The second kappa shape index (κ2) is 8.81. The second-order valence-electron chi connectivity index (χ2n) is 6.01. The van der Waals surface area contributed by atoms with Crippen molar-refractivity contribution in [3.8, 4) is 11.5 Å². The van der Waals surface area contributed by atoms with Gasteiger partial charge in [-0.3, -0.25) is 4.79 Å². The van der Waals surface area contributed by atoms with E-state index < -0.39 is 0 Å². The van der Waals surface area contributed by atoms with Gasteiger partial charge in [-0.25, -0.2) is 0 Å². The van der Waals surface area contributed by atoms with Crippen LogP contribution in [0, 0.1) is 0 Å². The van der Waals surface area contributed by atoms with Crippen molar-refractivity contribution in [2.75, 3.05) is 19.5 Å².